The summed E-state index contributed by atoms with van der Waals surface area (Å²) in [5, 5.41) is 4.66. The number of rotatable bonds is 10. The van der Waals surface area contributed by atoms with Crippen molar-refractivity contribution in [3.8, 4) is 0 Å². The van der Waals surface area contributed by atoms with Gasteiger partial charge in [-0.1, -0.05) is 84.9 Å². The summed E-state index contributed by atoms with van der Waals surface area (Å²) >= 11 is 2.70. The Morgan fingerprint density at radius 1 is 0.600 bits per heavy atom. The highest BCUT2D eigenvalue weighted by atomic mass is 32.1. The van der Waals surface area contributed by atoms with Gasteiger partial charge in [0.05, 0.1) is 13.1 Å². The van der Waals surface area contributed by atoms with Crippen LogP contribution < -0.4 is 9.80 Å². The molecule has 2 aromatic heterocycles. The van der Waals surface area contributed by atoms with Gasteiger partial charge in [-0.15, -0.1) is 22.7 Å². The van der Waals surface area contributed by atoms with E-state index in [1.165, 1.54) is 32.5 Å². The van der Waals surface area contributed by atoms with E-state index in [-0.39, 0.29) is 26.3 Å². The second-order valence-electron chi connectivity index (χ2n) is 8.65. The molecule has 3 aromatic carbocycles. The Hall–Kier alpha value is -4.54. The van der Waals surface area contributed by atoms with Crippen LogP contribution in [0.4, 0.5) is 19.9 Å². The van der Waals surface area contributed by atoms with Crippen molar-refractivity contribution in [2.45, 2.75) is 26.3 Å². The topological polar surface area (TPSA) is 84.9 Å². The van der Waals surface area contributed by atoms with Crippen LogP contribution >= 0.6 is 22.7 Å². The van der Waals surface area contributed by atoms with Crippen molar-refractivity contribution < 1.29 is 19.1 Å². The number of nitrogens with zero attached hydrogens (tertiary/aromatic N) is 4. The lowest BCUT2D eigenvalue weighted by Crippen LogP contribution is -2.33. The summed E-state index contributed by atoms with van der Waals surface area (Å²) in [5.41, 5.74) is 3.46. The molecule has 202 valence electrons. The standard InChI is InChI=1S/C30H26N4O4S2/c35-29(37-21-23-9-3-1-4-10-23)33(27-31-15-17-39-27)19-25-13-7-8-14-26(25)20-34(28-32-16-18-40-28)30(36)38-22-24-11-5-2-6-12-24/h1-18H,19-22H2. The van der Waals surface area contributed by atoms with Crippen LogP contribution in [0.2, 0.25) is 0 Å². The van der Waals surface area contributed by atoms with E-state index < -0.39 is 12.2 Å². The molecule has 0 atom stereocenters. The molecule has 2 heterocycles. The Morgan fingerprint density at radius 3 is 1.38 bits per heavy atom. The first-order valence-corrected chi connectivity index (χ1v) is 14.3. The number of thiazole rings is 2. The average molecular weight is 571 g/mol. The Bertz CT molecular complexity index is 1380. The SMILES string of the molecule is O=C(OCc1ccccc1)N(Cc1ccccc1CN(C(=O)OCc1ccccc1)c1nccs1)c1nccs1. The lowest BCUT2D eigenvalue weighted by atomic mass is 10.1. The van der Waals surface area contributed by atoms with Gasteiger partial charge in [-0.3, -0.25) is 0 Å². The van der Waals surface area contributed by atoms with Gasteiger partial charge >= 0.3 is 12.2 Å². The summed E-state index contributed by atoms with van der Waals surface area (Å²) < 4.78 is 11.3. The number of benzene rings is 3. The first kappa shape index (κ1) is 27.0. The van der Waals surface area contributed by atoms with Crippen LogP contribution in [0.15, 0.2) is 108 Å². The zero-order chi connectivity index (χ0) is 27.6. The molecular formula is C30H26N4O4S2. The molecule has 2 amide bonds. The normalized spacial score (nSPS) is 10.6. The van der Waals surface area contributed by atoms with Crippen LogP contribution in [-0.4, -0.2) is 22.2 Å². The number of anilines is 2. The van der Waals surface area contributed by atoms with Crippen molar-refractivity contribution in [3.63, 3.8) is 0 Å². The molecule has 0 radical (unpaired) electrons. The molecule has 40 heavy (non-hydrogen) atoms. The third kappa shape index (κ3) is 7.10. The third-order valence-electron chi connectivity index (χ3n) is 5.93. The van der Waals surface area contributed by atoms with Crippen LogP contribution in [0.1, 0.15) is 22.3 Å². The maximum absolute atomic E-state index is 13.2. The van der Waals surface area contributed by atoms with Gasteiger partial charge in [0, 0.05) is 23.2 Å². The van der Waals surface area contributed by atoms with E-state index in [1.807, 2.05) is 95.7 Å². The minimum Gasteiger partial charge on any atom is -0.444 e. The number of carbonyl (C=O) groups is 2. The molecular weight excluding hydrogens is 544 g/mol. The minimum atomic E-state index is -0.507. The maximum Gasteiger partial charge on any atom is 0.416 e. The first-order valence-electron chi connectivity index (χ1n) is 12.5. The summed E-state index contributed by atoms with van der Waals surface area (Å²) in [7, 11) is 0. The number of ether oxygens (including phenoxy) is 2. The highest BCUT2D eigenvalue weighted by molar-refractivity contribution is 7.14. The molecule has 0 spiro atoms. The highest BCUT2D eigenvalue weighted by Crippen LogP contribution is 2.26. The van der Waals surface area contributed by atoms with Gasteiger partial charge in [0.2, 0.25) is 0 Å². The Morgan fingerprint density at radius 2 is 1.00 bits per heavy atom. The predicted octanol–water partition coefficient (Wildman–Crippen LogP) is 7.29. The van der Waals surface area contributed by atoms with E-state index in [0.29, 0.717) is 10.3 Å². The zero-order valence-electron chi connectivity index (χ0n) is 21.5. The summed E-state index contributed by atoms with van der Waals surface area (Å²) in [6, 6.07) is 26.7. The van der Waals surface area contributed by atoms with Gasteiger partial charge in [0.25, 0.3) is 0 Å². The molecule has 5 rings (SSSR count). The van der Waals surface area contributed by atoms with Gasteiger partial charge < -0.3 is 9.47 Å². The monoisotopic (exact) mass is 570 g/mol. The largest absolute Gasteiger partial charge is 0.444 e. The van der Waals surface area contributed by atoms with Gasteiger partial charge in [0.1, 0.15) is 13.2 Å². The van der Waals surface area contributed by atoms with Crippen molar-refractivity contribution in [1.82, 2.24) is 9.97 Å². The van der Waals surface area contributed by atoms with Crippen LogP contribution in [0.3, 0.4) is 0 Å². The second-order valence-corrected chi connectivity index (χ2v) is 10.4. The zero-order valence-corrected chi connectivity index (χ0v) is 23.1. The van der Waals surface area contributed by atoms with E-state index >= 15 is 0 Å². The lowest BCUT2D eigenvalue weighted by molar-refractivity contribution is 0.145. The lowest BCUT2D eigenvalue weighted by Gasteiger charge is -2.24. The number of hydrogen-bond donors (Lipinski definition) is 0. The van der Waals surface area contributed by atoms with Crippen molar-refractivity contribution in [3.05, 3.63) is 130 Å². The molecule has 0 N–H and O–H groups in total. The molecule has 10 heteroatoms. The van der Waals surface area contributed by atoms with Crippen LogP contribution in [0, 0.1) is 0 Å². The average Bonchev–Trinajstić information content (AvgIpc) is 3.73. The number of hydrogen-bond acceptors (Lipinski definition) is 8. The molecule has 5 aromatic rings. The summed E-state index contributed by atoms with van der Waals surface area (Å²) in [6.07, 6.45) is 2.28. The fraction of sp³-hybridized carbons (Fsp3) is 0.133. The first-order chi connectivity index (χ1) is 19.7. The van der Waals surface area contributed by atoms with Gasteiger partial charge in [-0.25, -0.2) is 29.4 Å². The highest BCUT2D eigenvalue weighted by Gasteiger charge is 2.25. The van der Waals surface area contributed by atoms with Gasteiger partial charge in [-0.2, -0.15) is 0 Å². The molecule has 0 aliphatic heterocycles. The van der Waals surface area contributed by atoms with Crippen LogP contribution in [-0.2, 0) is 35.8 Å². The number of amides is 2. The quantitative estimate of drug-likeness (QED) is 0.175. The van der Waals surface area contributed by atoms with Gasteiger partial charge in [-0.05, 0) is 22.3 Å². The summed E-state index contributed by atoms with van der Waals surface area (Å²) in [6.45, 7) is 0.715. The molecule has 0 aliphatic carbocycles. The molecule has 0 unspecified atom stereocenters. The Kier molecular flexibility index (Phi) is 9.13. The molecule has 8 nitrogen and oxygen atoms in total. The van der Waals surface area contributed by atoms with Gasteiger partial charge in [0.15, 0.2) is 10.3 Å². The van der Waals surface area contributed by atoms with Crippen LogP contribution in [0.25, 0.3) is 0 Å². The summed E-state index contributed by atoms with van der Waals surface area (Å²) in [4.78, 5) is 38.2. The van der Waals surface area contributed by atoms with Crippen molar-refractivity contribution >= 4 is 45.1 Å². The van der Waals surface area contributed by atoms with E-state index in [4.69, 9.17) is 9.47 Å². The van der Waals surface area contributed by atoms with Crippen LogP contribution in [0.5, 0.6) is 0 Å². The smallest absolute Gasteiger partial charge is 0.416 e. The number of aromatic nitrogens is 2. The van der Waals surface area contributed by atoms with E-state index in [9.17, 15) is 9.59 Å². The Labute approximate surface area is 240 Å². The van der Waals surface area contributed by atoms with Crippen molar-refractivity contribution in [2.75, 3.05) is 9.80 Å². The van der Waals surface area contributed by atoms with E-state index in [1.54, 1.807) is 12.4 Å². The molecule has 0 aliphatic rings. The minimum absolute atomic E-state index is 0.147. The van der Waals surface area contributed by atoms with E-state index in [0.717, 1.165) is 22.3 Å². The second kappa shape index (κ2) is 13.5. The predicted molar refractivity (Wildman–Crippen MR) is 156 cm³/mol. The molecule has 0 saturated heterocycles. The summed E-state index contributed by atoms with van der Waals surface area (Å²) in [5.74, 6) is 0. The van der Waals surface area contributed by atoms with Crippen molar-refractivity contribution in [1.29, 1.82) is 0 Å². The fourth-order valence-electron chi connectivity index (χ4n) is 3.92. The number of carbonyl (C=O) groups excluding carboxylic acids is 2. The Balaban J connectivity index is 1.34. The molecule has 0 saturated carbocycles. The maximum atomic E-state index is 13.2. The fourth-order valence-corrected chi connectivity index (χ4v) is 5.18. The third-order valence-corrected chi connectivity index (χ3v) is 7.52. The van der Waals surface area contributed by atoms with E-state index in [2.05, 4.69) is 9.97 Å². The molecule has 0 fully saturated rings. The van der Waals surface area contributed by atoms with Crippen molar-refractivity contribution in [2.24, 2.45) is 0 Å². The molecule has 0 bridgehead atoms.